The molecule has 1 atom stereocenters. The van der Waals surface area contributed by atoms with Crippen LogP contribution in [0.1, 0.15) is 24.8 Å². The lowest BCUT2D eigenvalue weighted by atomic mass is 9.78. The van der Waals surface area contributed by atoms with E-state index in [1.54, 1.807) is 24.3 Å². The molecule has 0 spiro atoms. The summed E-state index contributed by atoms with van der Waals surface area (Å²) in [5, 5.41) is 10.5. The molecule has 0 aromatic heterocycles. The van der Waals surface area contributed by atoms with E-state index in [0.29, 0.717) is 5.92 Å². The van der Waals surface area contributed by atoms with Gasteiger partial charge in [-0.15, -0.1) is 0 Å². The molecular weight excluding hydrogens is 204 g/mol. The van der Waals surface area contributed by atoms with Gasteiger partial charge in [0.2, 0.25) is 0 Å². The summed E-state index contributed by atoms with van der Waals surface area (Å²) in [7, 11) is 0. The van der Waals surface area contributed by atoms with Crippen molar-refractivity contribution >= 4 is 5.69 Å². The standard InChI is InChI=1S/C12H16N2O2/c13-12(10-2-1-3-10)8-9-4-6-11(7-5-9)14(15)16/h4-7,10,12H,1-3,8,13H2. The van der Waals surface area contributed by atoms with Crippen LogP contribution in [0.2, 0.25) is 0 Å². The number of hydrogen-bond acceptors (Lipinski definition) is 3. The molecule has 0 saturated heterocycles. The molecule has 16 heavy (non-hydrogen) atoms. The zero-order chi connectivity index (χ0) is 11.5. The first kappa shape index (κ1) is 11.1. The molecule has 0 bridgehead atoms. The van der Waals surface area contributed by atoms with E-state index in [9.17, 15) is 10.1 Å². The summed E-state index contributed by atoms with van der Waals surface area (Å²) in [6.07, 6.45) is 4.57. The Labute approximate surface area is 94.6 Å². The number of nitrogens with zero attached hydrogens (tertiary/aromatic N) is 1. The van der Waals surface area contributed by atoms with E-state index >= 15 is 0 Å². The van der Waals surface area contributed by atoms with Gasteiger partial charge in [-0.1, -0.05) is 18.6 Å². The molecule has 2 rings (SSSR count). The quantitative estimate of drug-likeness (QED) is 0.625. The summed E-state index contributed by atoms with van der Waals surface area (Å²) in [4.78, 5) is 10.1. The van der Waals surface area contributed by atoms with Gasteiger partial charge in [0.1, 0.15) is 0 Å². The maximum atomic E-state index is 10.5. The number of rotatable bonds is 4. The Bertz CT molecular complexity index is 371. The molecule has 2 N–H and O–H groups in total. The highest BCUT2D eigenvalue weighted by Gasteiger charge is 2.24. The highest BCUT2D eigenvalue weighted by molar-refractivity contribution is 5.33. The van der Waals surface area contributed by atoms with Crippen LogP contribution in [0.3, 0.4) is 0 Å². The smallest absolute Gasteiger partial charge is 0.269 e. The molecule has 1 aliphatic rings. The Morgan fingerprint density at radius 1 is 1.38 bits per heavy atom. The summed E-state index contributed by atoms with van der Waals surface area (Å²) in [5.74, 6) is 0.648. The molecule has 86 valence electrons. The molecule has 1 aromatic carbocycles. The van der Waals surface area contributed by atoms with Crippen molar-refractivity contribution in [1.82, 2.24) is 0 Å². The van der Waals surface area contributed by atoms with E-state index in [0.717, 1.165) is 12.0 Å². The van der Waals surface area contributed by atoms with Crippen LogP contribution in [-0.2, 0) is 6.42 Å². The maximum absolute atomic E-state index is 10.5. The van der Waals surface area contributed by atoms with Gasteiger partial charge in [-0.2, -0.15) is 0 Å². The minimum absolute atomic E-state index is 0.140. The summed E-state index contributed by atoms with van der Waals surface area (Å²) in [6.45, 7) is 0. The van der Waals surface area contributed by atoms with E-state index in [4.69, 9.17) is 5.73 Å². The minimum Gasteiger partial charge on any atom is -0.327 e. The van der Waals surface area contributed by atoms with E-state index in [-0.39, 0.29) is 16.7 Å². The van der Waals surface area contributed by atoms with Crippen molar-refractivity contribution in [2.24, 2.45) is 11.7 Å². The third kappa shape index (κ3) is 2.39. The molecule has 4 heteroatoms. The number of non-ortho nitro benzene ring substituents is 1. The largest absolute Gasteiger partial charge is 0.327 e. The SMILES string of the molecule is NC(Cc1ccc([N+](=O)[O-])cc1)C1CCC1. The second-order valence-electron chi connectivity index (χ2n) is 4.48. The monoisotopic (exact) mass is 220 g/mol. The first-order valence-corrected chi connectivity index (χ1v) is 5.66. The summed E-state index contributed by atoms with van der Waals surface area (Å²) in [5.41, 5.74) is 7.30. The lowest BCUT2D eigenvalue weighted by molar-refractivity contribution is -0.384. The van der Waals surface area contributed by atoms with Gasteiger partial charge < -0.3 is 5.73 Å². The fraction of sp³-hybridized carbons (Fsp3) is 0.500. The fourth-order valence-electron chi connectivity index (χ4n) is 2.06. The zero-order valence-corrected chi connectivity index (χ0v) is 9.13. The average Bonchev–Trinajstić information content (AvgIpc) is 2.15. The third-order valence-electron chi connectivity index (χ3n) is 3.37. The number of nitro benzene ring substituents is 1. The summed E-state index contributed by atoms with van der Waals surface area (Å²) in [6, 6.07) is 6.90. The molecule has 0 heterocycles. The van der Waals surface area contributed by atoms with Gasteiger partial charge in [0.25, 0.3) is 5.69 Å². The van der Waals surface area contributed by atoms with Crippen LogP contribution >= 0.6 is 0 Å². The first-order valence-electron chi connectivity index (χ1n) is 5.66. The third-order valence-corrected chi connectivity index (χ3v) is 3.37. The topological polar surface area (TPSA) is 69.2 Å². The molecule has 4 nitrogen and oxygen atoms in total. The summed E-state index contributed by atoms with van der Waals surface area (Å²) < 4.78 is 0. The van der Waals surface area contributed by atoms with Gasteiger partial charge in [-0.25, -0.2) is 0 Å². The molecule has 0 radical (unpaired) electrons. The van der Waals surface area contributed by atoms with Crippen LogP contribution < -0.4 is 5.73 Å². The van der Waals surface area contributed by atoms with Crippen LogP contribution in [0, 0.1) is 16.0 Å². The molecule has 1 saturated carbocycles. The van der Waals surface area contributed by atoms with E-state index < -0.39 is 0 Å². The normalized spacial score (nSPS) is 17.8. The van der Waals surface area contributed by atoms with Gasteiger partial charge in [0.05, 0.1) is 4.92 Å². The Morgan fingerprint density at radius 3 is 2.44 bits per heavy atom. The van der Waals surface area contributed by atoms with Crippen LogP contribution in [0.25, 0.3) is 0 Å². The van der Waals surface area contributed by atoms with Gasteiger partial charge in [-0.05, 0) is 30.7 Å². The van der Waals surface area contributed by atoms with Crippen molar-refractivity contribution in [2.45, 2.75) is 31.7 Å². The first-order chi connectivity index (χ1) is 7.66. The van der Waals surface area contributed by atoms with Crippen LogP contribution in [0.15, 0.2) is 24.3 Å². The maximum Gasteiger partial charge on any atom is 0.269 e. The Hall–Kier alpha value is -1.42. The van der Waals surface area contributed by atoms with Gasteiger partial charge in [0, 0.05) is 18.2 Å². The zero-order valence-electron chi connectivity index (χ0n) is 9.13. The van der Waals surface area contributed by atoms with Crippen LogP contribution in [-0.4, -0.2) is 11.0 Å². The lowest BCUT2D eigenvalue weighted by Gasteiger charge is -2.31. The number of hydrogen-bond donors (Lipinski definition) is 1. The van der Waals surface area contributed by atoms with Crippen molar-refractivity contribution in [3.63, 3.8) is 0 Å². The molecular formula is C12H16N2O2. The molecule has 1 fully saturated rings. The number of benzene rings is 1. The van der Waals surface area contributed by atoms with E-state index in [1.165, 1.54) is 19.3 Å². The Kier molecular flexibility index (Phi) is 3.19. The number of nitro groups is 1. The lowest BCUT2D eigenvalue weighted by Crippen LogP contribution is -2.36. The van der Waals surface area contributed by atoms with Crippen LogP contribution in [0.5, 0.6) is 0 Å². The van der Waals surface area contributed by atoms with E-state index in [1.807, 2.05) is 0 Å². The highest BCUT2D eigenvalue weighted by Crippen LogP contribution is 2.30. The molecule has 1 aliphatic carbocycles. The van der Waals surface area contributed by atoms with E-state index in [2.05, 4.69) is 0 Å². The van der Waals surface area contributed by atoms with Gasteiger partial charge in [-0.3, -0.25) is 10.1 Å². The predicted octanol–water partition coefficient (Wildman–Crippen LogP) is 2.26. The van der Waals surface area contributed by atoms with Crippen molar-refractivity contribution in [3.05, 3.63) is 39.9 Å². The predicted molar refractivity (Wildman–Crippen MR) is 62.1 cm³/mol. The van der Waals surface area contributed by atoms with Gasteiger partial charge in [0.15, 0.2) is 0 Å². The fourth-order valence-corrected chi connectivity index (χ4v) is 2.06. The second kappa shape index (κ2) is 4.61. The molecule has 1 unspecified atom stereocenters. The van der Waals surface area contributed by atoms with Gasteiger partial charge >= 0.3 is 0 Å². The van der Waals surface area contributed by atoms with Crippen molar-refractivity contribution in [2.75, 3.05) is 0 Å². The Balaban J connectivity index is 1.96. The molecule has 0 aliphatic heterocycles. The second-order valence-corrected chi connectivity index (χ2v) is 4.48. The van der Waals surface area contributed by atoms with Crippen molar-refractivity contribution in [1.29, 1.82) is 0 Å². The number of nitrogens with two attached hydrogens (primary N) is 1. The Morgan fingerprint density at radius 2 is 2.00 bits per heavy atom. The van der Waals surface area contributed by atoms with Crippen molar-refractivity contribution < 1.29 is 4.92 Å². The van der Waals surface area contributed by atoms with Crippen LogP contribution in [0.4, 0.5) is 5.69 Å². The molecule has 1 aromatic rings. The molecule has 0 amide bonds. The highest BCUT2D eigenvalue weighted by atomic mass is 16.6. The average molecular weight is 220 g/mol. The summed E-state index contributed by atoms with van der Waals surface area (Å²) >= 11 is 0. The van der Waals surface area contributed by atoms with Crippen molar-refractivity contribution in [3.8, 4) is 0 Å². The minimum atomic E-state index is -0.379.